The van der Waals surface area contributed by atoms with Crippen LogP contribution in [-0.2, 0) is 28.5 Å². The van der Waals surface area contributed by atoms with Crippen LogP contribution in [-0.4, -0.2) is 89.0 Å². The fourth-order valence-electron chi connectivity index (χ4n) is 8.42. The van der Waals surface area contributed by atoms with Crippen molar-refractivity contribution < 1.29 is 49.0 Å². The normalized spacial score (nSPS) is 19.5. The monoisotopic (exact) mass is 897 g/mol. The predicted molar refractivity (Wildman–Crippen MR) is 256 cm³/mol. The van der Waals surface area contributed by atoms with Gasteiger partial charge in [0, 0.05) is 12.8 Å². The lowest BCUT2D eigenvalue weighted by Crippen LogP contribution is -2.59. The molecule has 372 valence electrons. The van der Waals surface area contributed by atoms with E-state index in [4.69, 9.17) is 18.9 Å². The van der Waals surface area contributed by atoms with E-state index in [-0.39, 0.29) is 32.0 Å². The molecule has 0 spiro atoms. The van der Waals surface area contributed by atoms with Crippen LogP contribution in [0.15, 0.2) is 12.2 Å². The van der Waals surface area contributed by atoms with Crippen LogP contribution < -0.4 is 0 Å². The number of hydrogen-bond donors (Lipinski definition) is 4. The Bertz CT molecular complexity index is 1040. The first kappa shape index (κ1) is 59.5. The molecule has 1 saturated heterocycles. The zero-order valence-electron chi connectivity index (χ0n) is 40.8. The number of aliphatic hydroxyl groups is 4. The molecule has 1 aliphatic rings. The molecule has 10 nitrogen and oxygen atoms in total. The molecule has 63 heavy (non-hydrogen) atoms. The van der Waals surface area contributed by atoms with Gasteiger partial charge in [-0.25, -0.2) is 0 Å². The Balaban J connectivity index is 2.20. The lowest BCUT2D eigenvalue weighted by Gasteiger charge is -2.39. The third-order valence-electron chi connectivity index (χ3n) is 12.7. The number of allylic oxidation sites excluding steroid dienone is 2. The Morgan fingerprint density at radius 3 is 1.24 bits per heavy atom. The van der Waals surface area contributed by atoms with Gasteiger partial charge < -0.3 is 39.4 Å². The molecule has 6 atom stereocenters. The molecule has 0 saturated carbocycles. The maximum Gasteiger partial charge on any atom is 0.306 e. The van der Waals surface area contributed by atoms with Gasteiger partial charge in [0.2, 0.25) is 0 Å². The molecule has 1 heterocycles. The molecule has 0 aliphatic carbocycles. The molecule has 0 radical (unpaired) electrons. The van der Waals surface area contributed by atoms with E-state index in [1.54, 1.807) is 0 Å². The van der Waals surface area contributed by atoms with E-state index in [0.29, 0.717) is 6.42 Å². The molecule has 1 rings (SSSR count). The Morgan fingerprint density at radius 1 is 0.476 bits per heavy atom. The zero-order chi connectivity index (χ0) is 45.9. The van der Waals surface area contributed by atoms with Crippen LogP contribution in [0.5, 0.6) is 0 Å². The van der Waals surface area contributed by atoms with E-state index in [2.05, 4.69) is 26.0 Å². The van der Waals surface area contributed by atoms with Gasteiger partial charge in [0.1, 0.15) is 31.0 Å². The number of esters is 2. The summed E-state index contributed by atoms with van der Waals surface area (Å²) >= 11 is 0. The smallest absolute Gasteiger partial charge is 0.306 e. The number of unbranched alkanes of at least 4 members (excludes halogenated alkanes) is 33. The van der Waals surface area contributed by atoms with E-state index >= 15 is 0 Å². The average molecular weight is 897 g/mol. The summed E-state index contributed by atoms with van der Waals surface area (Å²) < 4.78 is 22.3. The first-order valence-corrected chi connectivity index (χ1v) is 26.8. The summed E-state index contributed by atoms with van der Waals surface area (Å²) in [6, 6.07) is 0. The number of aliphatic hydroxyl groups excluding tert-OH is 4. The summed E-state index contributed by atoms with van der Waals surface area (Å²) in [7, 11) is 0. The molecule has 0 aromatic carbocycles. The van der Waals surface area contributed by atoms with Crippen molar-refractivity contribution in [2.45, 2.75) is 295 Å². The largest absolute Gasteiger partial charge is 0.462 e. The second kappa shape index (κ2) is 44.3. The highest BCUT2D eigenvalue weighted by Gasteiger charge is 2.44. The van der Waals surface area contributed by atoms with Crippen molar-refractivity contribution in [3.63, 3.8) is 0 Å². The van der Waals surface area contributed by atoms with Crippen molar-refractivity contribution in [2.75, 3.05) is 19.8 Å². The second-order valence-corrected chi connectivity index (χ2v) is 18.7. The summed E-state index contributed by atoms with van der Waals surface area (Å²) in [4.78, 5) is 25.4. The van der Waals surface area contributed by atoms with Gasteiger partial charge in [-0.15, -0.1) is 0 Å². The fourth-order valence-corrected chi connectivity index (χ4v) is 8.42. The van der Waals surface area contributed by atoms with Crippen molar-refractivity contribution in [3.05, 3.63) is 12.2 Å². The van der Waals surface area contributed by atoms with E-state index in [1.165, 1.54) is 173 Å². The summed E-state index contributed by atoms with van der Waals surface area (Å²) in [5, 5.41) is 40.2. The molecule has 0 aromatic heterocycles. The fraction of sp³-hybridized carbons (Fsp3) is 0.925. The van der Waals surface area contributed by atoms with Gasteiger partial charge >= 0.3 is 11.9 Å². The van der Waals surface area contributed by atoms with E-state index < -0.39 is 49.4 Å². The number of rotatable bonds is 46. The van der Waals surface area contributed by atoms with Gasteiger partial charge in [-0.3, -0.25) is 9.59 Å². The van der Waals surface area contributed by atoms with Crippen molar-refractivity contribution >= 4 is 11.9 Å². The van der Waals surface area contributed by atoms with Crippen LogP contribution in [0.1, 0.15) is 258 Å². The molecule has 0 bridgehead atoms. The standard InChI is InChI=1S/C53H100O10/c1-3-5-7-9-11-13-15-17-19-20-21-22-23-24-25-26-28-29-31-33-35-37-39-41-48(55)60-44-46(45-61-53-52(59)51(58)50(57)47(43-54)63-53)62-49(56)42-40-38-36-34-32-30-27-18-16-14-12-10-8-6-4-2/h18,27,46-47,50-54,57-59H,3-17,19-26,28-45H2,1-2H3/b27-18+/t46-,47-,50+,51?,52?,53-/m0/s1. The third kappa shape index (κ3) is 35.3. The minimum absolute atomic E-state index is 0.215. The molecule has 10 heteroatoms. The Morgan fingerprint density at radius 2 is 0.841 bits per heavy atom. The van der Waals surface area contributed by atoms with Crippen molar-refractivity contribution in [1.82, 2.24) is 0 Å². The van der Waals surface area contributed by atoms with Crippen molar-refractivity contribution in [2.24, 2.45) is 0 Å². The molecule has 1 aliphatic heterocycles. The van der Waals surface area contributed by atoms with Crippen LogP contribution in [0, 0.1) is 0 Å². The highest BCUT2D eigenvalue weighted by molar-refractivity contribution is 5.70. The minimum atomic E-state index is -1.59. The number of ether oxygens (including phenoxy) is 4. The molecular weight excluding hydrogens is 797 g/mol. The first-order chi connectivity index (χ1) is 30.8. The van der Waals surface area contributed by atoms with Crippen LogP contribution in [0.3, 0.4) is 0 Å². The summed E-state index contributed by atoms with van der Waals surface area (Å²) in [5.74, 6) is -0.800. The Kier molecular flexibility index (Phi) is 41.8. The average Bonchev–Trinajstić information content (AvgIpc) is 3.28. The van der Waals surface area contributed by atoms with Crippen LogP contribution in [0.25, 0.3) is 0 Å². The van der Waals surface area contributed by atoms with Gasteiger partial charge in [-0.2, -0.15) is 0 Å². The van der Waals surface area contributed by atoms with Crippen LogP contribution in [0.4, 0.5) is 0 Å². The molecule has 0 aromatic rings. The van der Waals surface area contributed by atoms with Crippen molar-refractivity contribution in [3.8, 4) is 0 Å². The van der Waals surface area contributed by atoms with Gasteiger partial charge in [0.15, 0.2) is 12.4 Å². The molecular formula is C53H100O10. The molecule has 2 unspecified atom stereocenters. The SMILES string of the molecule is CCCCCCCC/C=C/CCCCCCCC(=O)O[C@@H](COC(=O)CCCCCCCCCCCCCCCCCCCCCCCCC)CO[C@H]1O[C@@H](CO)[C@@H](O)C(O)C1O. The zero-order valence-corrected chi connectivity index (χ0v) is 40.8. The minimum Gasteiger partial charge on any atom is -0.462 e. The number of carbonyl (C=O) groups excluding carboxylic acids is 2. The molecule has 1 fully saturated rings. The number of hydrogen-bond acceptors (Lipinski definition) is 10. The third-order valence-corrected chi connectivity index (χ3v) is 12.7. The second-order valence-electron chi connectivity index (χ2n) is 18.7. The Hall–Kier alpha value is -1.56. The lowest BCUT2D eigenvalue weighted by atomic mass is 9.99. The lowest BCUT2D eigenvalue weighted by molar-refractivity contribution is -0.305. The highest BCUT2D eigenvalue weighted by atomic mass is 16.7. The first-order valence-electron chi connectivity index (χ1n) is 26.8. The van der Waals surface area contributed by atoms with Crippen molar-refractivity contribution in [1.29, 1.82) is 0 Å². The molecule has 0 amide bonds. The van der Waals surface area contributed by atoms with E-state index in [9.17, 15) is 30.0 Å². The van der Waals surface area contributed by atoms with Gasteiger partial charge in [-0.05, 0) is 38.5 Å². The predicted octanol–water partition coefficient (Wildman–Crippen LogP) is 12.7. The Labute approximate surface area is 386 Å². The highest BCUT2D eigenvalue weighted by Crippen LogP contribution is 2.23. The van der Waals surface area contributed by atoms with Gasteiger partial charge in [0.25, 0.3) is 0 Å². The van der Waals surface area contributed by atoms with E-state index in [1.807, 2.05) is 0 Å². The molecule has 4 N–H and O–H groups in total. The van der Waals surface area contributed by atoms with E-state index in [0.717, 1.165) is 51.4 Å². The number of carbonyl (C=O) groups is 2. The summed E-state index contributed by atoms with van der Waals surface area (Å²) in [5.41, 5.74) is 0. The maximum atomic E-state index is 12.8. The van der Waals surface area contributed by atoms with Gasteiger partial charge in [-0.1, -0.05) is 219 Å². The topological polar surface area (TPSA) is 152 Å². The summed E-state index contributed by atoms with van der Waals surface area (Å²) in [6.07, 6.45) is 42.3. The van der Waals surface area contributed by atoms with Gasteiger partial charge in [0.05, 0.1) is 13.2 Å². The van der Waals surface area contributed by atoms with Crippen LogP contribution in [0.2, 0.25) is 0 Å². The summed E-state index contributed by atoms with van der Waals surface area (Å²) in [6.45, 7) is 3.46. The maximum absolute atomic E-state index is 12.8. The quantitative estimate of drug-likeness (QED) is 0.0264. The van der Waals surface area contributed by atoms with Crippen LogP contribution >= 0.6 is 0 Å².